The van der Waals surface area contributed by atoms with Gasteiger partial charge in [-0.15, -0.1) is 0 Å². The monoisotopic (exact) mass is 388 g/mol. The van der Waals surface area contributed by atoms with E-state index in [0.717, 1.165) is 37.4 Å². The van der Waals surface area contributed by atoms with Crippen molar-refractivity contribution in [2.24, 2.45) is 0 Å². The van der Waals surface area contributed by atoms with Gasteiger partial charge in [0.1, 0.15) is 5.75 Å². The van der Waals surface area contributed by atoms with Crippen molar-refractivity contribution >= 4 is 10.0 Å². The van der Waals surface area contributed by atoms with Crippen LogP contribution in [0.15, 0.2) is 54.6 Å². The first-order valence-corrected chi connectivity index (χ1v) is 11.0. The van der Waals surface area contributed by atoms with Crippen molar-refractivity contribution < 1.29 is 13.2 Å². The van der Waals surface area contributed by atoms with Crippen LogP contribution >= 0.6 is 0 Å². The summed E-state index contributed by atoms with van der Waals surface area (Å²) in [6, 6.07) is 17.9. The molecule has 0 saturated carbocycles. The molecule has 1 saturated heterocycles. The molecule has 3 rings (SSSR count). The molecule has 0 aromatic heterocycles. The van der Waals surface area contributed by atoms with Crippen LogP contribution in [-0.4, -0.2) is 63.2 Å². The van der Waals surface area contributed by atoms with Gasteiger partial charge in [0.25, 0.3) is 0 Å². The minimum atomic E-state index is -3.19. The summed E-state index contributed by atoms with van der Waals surface area (Å²) in [4.78, 5) is 2.34. The van der Waals surface area contributed by atoms with Crippen LogP contribution in [0.1, 0.15) is 11.1 Å². The van der Waals surface area contributed by atoms with E-state index >= 15 is 0 Å². The molecule has 0 radical (unpaired) electrons. The normalized spacial score (nSPS) is 16.3. The Morgan fingerprint density at radius 2 is 1.59 bits per heavy atom. The van der Waals surface area contributed by atoms with Crippen molar-refractivity contribution in [2.45, 2.75) is 12.8 Å². The molecule has 6 heteroatoms. The van der Waals surface area contributed by atoms with E-state index in [9.17, 15) is 8.42 Å². The molecule has 0 spiro atoms. The fourth-order valence-electron chi connectivity index (χ4n) is 3.37. The fourth-order valence-corrected chi connectivity index (χ4v) is 4.84. The van der Waals surface area contributed by atoms with Crippen LogP contribution in [0.25, 0.3) is 0 Å². The average molecular weight is 389 g/mol. The third-order valence-corrected chi connectivity index (χ3v) is 6.94. The van der Waals surface area contributed by atoms with E-state index in [1.54, 1.807) is 11.4 Å². The molecule has 5 nitrogen and oxygen atoms in total. The molecule has 0 unspecified atom stereocenters. The van der Waals surface area contributed by atoms with E-state index < -0.39 is 10.0 Å². The van der Waals surface area contributed by atoms with Crippen LogP contribution in [0.3, 0.4) is 0 Å². The second-order valence-corrected chi connectivity index (χ2v) is 8.98. The number of ether oxygens (including phenoxy) is 1. The molecule has 0 amide bonds. The minimum absolute atomic E-state index is 0.181. The highest BCUT2D eigenvalue weighted by atomic mass is 32.2. The van der Waals surface area contributed by atoms with Gasteiger partial charge in [-0.1, -0.05) is 42.5 Å². The molecule has 1 fully saturated rings. The number of hydrogen-bond donors (Lipinski definition) is 0. The van der Waals surface area contributed by atoms with Gasteiger partial charge >= 0.3 is 0 Å². The van der Waals surface area contributed by atoms with E-state index in [-0.39, 0.29) is 5.75 Å². The summed E-state index contributed by atoms with van der Waals surface area (Å²) in [5.41, 5.74) is 2.31. The molecule has 0 atom stereocenters. The standard InChI is InChI=1S/C21H28N2O3S/c1-26-21-9-5-8-20(18-21)10-12-22-13-15-23(16-14-22)27(24,25)17-11-19-6-3-2-4-7-19/h2-9,18H,10-17H2,1H3. The topological polar surface area (TPSA) is 49.9 Å². The van der Waals surface area contributed by atoms with Crippen LogP contribution in [0.2, 0.25) is 0 Å². The summed E-state index contributed by atoms with van der Waals surface area (Å²) >= 11 is 0. The third kappa shape index (κ3) is 5.79. The number of nitrogens with zero attached hydrogens (tertiary/aromatic N) is 2. The van der Waals surface area contributed by atoms with Crippen LogP contribution in [0.5, 0.6) is 5.75 Å². The number of benzene rings is 2. The second-order valence-electron chi connectivity index (χ2n) is 6.89. The summed E-state index contributed by atoms with van der Waals surface area (Å²) in [7, 11) is -1.51. The molecule has 2 aromatic carbocycles. The van der Waals surface area contributed by atoms with Gasteiger partial charge < -0.3 is 9.64 Å². The minimum Gasteiger partial charge on any atom is -0.497 e. The Labute approximate surface area is 162 Å². The molecule has 27 heavy (non-hydrogen) atoms. The molecule has 2 aromatic rings. The van der Waals surface area contributed by atoms with Crippen molar-refractivity contribution in [2.75, 3.05) is 45.6 Å². The van der Waals surface area contributed by atoms with Gasteiger partial charge in [-0.2, -0.15) is 4.31 Å². The zero-order chi connectivity index (χ0) is 19.1. The van der Waals surface area contributed by atoms with Crippen LogP contribution in [0, 0.1) is 0 Å². The third-order valence-electron chi connectivity index (χ3n) is 5.07. The molecular weight excluding hydrogens is 360 g/mol. The molecule has 1 aliphatic rings. The number of methoxy groups -OCH3 is 1. The van der Waals surface area contributed by atoms with E-state index in [1.165, 1.54) is 5.56 Å². The zero-order valence-corrected chi connectivity index (χ0v) is 16.7. The molecule has 1 heterocycles. The Balaban J connectivity index is 1.45. The lowest BCUT2D eigenvalue weighted by Crippen LogP contribution is -2.49. The van der Waals surface area contributed by atoms with Crippen LogP contribution < -0.4 is 4.74 Å². The largest absolute Gasteiger partial charge is 0.497 e. The smallest absolute Gasteiger partial charge is 0.214 e. The predicted molar refractivity (Wildman–Crippen MR) is 109 cm³/mol. The molecular formula is C21H28N2O3S. The molecule has 0 bridgehead atoms. The Morgan fingerprint density at radius 3 is 2.30 bits per heavy atom. The number of rotatable bonds is 8. The molecule has 0 aliphatic carbocycles. The summed E-state index contributed by atoms with van der Waals surface area (Å²) < 4.78 is 32.1. The number of hydrogen-bond acceptors (Lipinski definition) is 4. The number of sulfonamides is 1. The lowest BCUT2D eigenvalue weighted by atomic mass is 10.1. The Bertz CT molecular complexity index is 816. The van der Waals surface area contributed by atoms with Crippen LogP contribution in [-0.2, 0) is 22.9 Å². The van der Waals surface area contributed by atoms with Crippen molar-refractivity contribution in [3.63, 3.8) is 0 Å². The van der Waals surface area contributed by atoms with Crippen molar-refractivity contribution in [3.8, 4) is 5.75 Å². The maximum Gasteiger partial charge on any atom is 0.214 e. The van der Waals surface area contributed by atoms with E-state index in [2.05, 4.69) is 17.0 Å². The van der Waals surface area contributed by atoms with Gasteiger partial charge in [-0.05, 0) is 36.1 Å². The Kier molecular flexibility index (Phi) is 6.88. The highest BCUT2D eigenvalue weighted by Crippen LogP contribution is 2.15. The van der Waals surface area contributed by atoms with Gasteiger partial charge in [0, 0.05) is 32.7 Å². The van der Waals surface area contributed by atoms with Crippen molar-refractivity contribution in [1.29, 1.82) is 0 Å². The maximum absolute atomic E-state index is 12.6. The number of piperazine rings is 1. The summed E-state index contributed by atoms with van der Waals surface area (Å²) in [6.45, 7) is 3.67. The average Bonchev–Trinajstić information content (AvgIpc) is 2.72. The summed E-state index contributed by atoms with van der Waals surface area (Å²) in [5.74, 6) is 1.06. The first-order chi connectivity index (χ1) is 13.1. The first-order valence-electron chi connectivity index (χ1n) is 9.44. The summed E-state index contributed by atoms with van der Waals surface area (Å²) in [5, 5.41) is 0. The second kappa shape index (κ2) is 9.35. The number of aryl methyl sites for hydroxylation is 1. The van der Waals surface area contributed by atoms with Crippen molar-refractivity contribution in [3.05, 3.63) is 65.7 Å². The van der Waals surface area contributed by atoms with Crippen molar-refractivity contribution in [1.82, 2.24) is 9.21 Å². The Hall–Kier alpha value is -1.89. The lowest BCUT2D eigenvalue weighted by Gasteiger charge is -2.34. The molecule has 0 N–H and O–H groups in total. The maximum atomic E-state index is 12.6. The highest BCUT2D eigenvalue weighted by Gasteiger charge is 2.26. The lowest BCUT2D eigenvalue weighted by molar-refractivity contribution is 0.190. The Morgan fingerprint density at radius 1 is 0.889 bits per heavy atom. The SMILES string of the molecule is COc1cccc(CCN2CCN(S(=O)(=O)CCc3ccccc3)CC2)c1. The first kappa shape index (κ1) is 19.9. The zero-order valence-electron chi connectivity index (χ0n) is 15.9. The van der Waals surface area contributed by atoms with Gasteiger partial charge in [0.2, 0.25) is 10.0 Å². The van der Waals surface area contributed by atoms with E-state index in [0.29, 0.717) is 19.5 Å². The van der Waals surface area contributed by atoms with Crippen LogP contribution in [0.4, 0.5) is 0 Å². The quantitative estimate of drug-likeness (QED) is 0.697. The highest BCUT2D eigenvalue weighted by molar-refractivity contribution is 7.89. The molecule has 146 valence electrons. The predicted octanol–water partition coefficient (Wildman–Crippen LogP) is 2.43. The fraction of sp³-hybridized carbons (Fsp3) is 0.429. The molecule has 1 aliphatic heterocycles. The van der Waals surface area contributed by atoms with Gasteiger partial charge in [0.05, 0.1) is 12.9 Å². The summed E-state index contributed by atoms with van der Waals surface area (Å²) in [6.07, 6.45) is 1.51. The van der Waals surface area contributed by atoms with E-state index in [4.69, 9.17) is 4.74 Å². The van der Waals surface area contributed by atoms with E-state index in [1.807, 2.05) is 42.5 Å². The van der Waals surface area contributed by atoms with Gasteiger partial charge in [-0.25, -0.2) is 8.42 Å². The van der Waals surface area contributed by atoms with Gasteiger partial charge in [-0.3, -0.25) is 0 Å². The van der Waals surface area contributed by atoms with Gasteiger partial charge in [0.15, 0.2) is 0 Å².